The number of nitrogens with one attached hydrogen (secondary N) is 1. The fraction of sp³-hybridized carbons (Fsp3) is 1.00. The zero-order valence-corrected chi connectivity index (χ0v) is 11.7. The Balaban J connectivity index is 1.99. The zero-order chi connectivity index (χ0) is 12.0. The smallest absolute Gasteiger partial charge is 0.0153 e. The third-order valence-corrected chi connectivity index (χ3v) is 3.66. The predicted octanol–water partition coefficient (Wildman–Crippen LogP) is 2.89. The van der Waals surface area contributed by atoms with Gasteiger partial charge < -0.3 is 5.32 Å². The molecule has 0 spiro atoms. The first-order valence-electron chi connectivity index (χ1n) is 6.98. The van der Waals surface area contributed by atoms with Gasteiger partial charge in [0.25, 0.3) is 0 Å². The van der Waals surface area contributed by atoms with Gasteiger partial charge in [-0.2, -0.15) is 0 Å². The second-order valence-electron chi connectivity index (χ2n) is 6.21. The van der Waals surface area contributed by atoms with Crippen molar-refractivity contribution in [3.8, 4) is 0 Å². The van der Waals surface area contributed by atoms with E-state index in [1.165, 1.54) is 45.3 Å². The highest BCUT2D eigenvalue weighted by molar-refractivity contribution is 4.87. The molecule has 1 aliphatic heterocycles. The number of rotatable bonds is 7. The number of nitrogens with zero attached hydrogens (tertiary/aromatic N) is 1. The first-order valence-corrected chi connectivity index (χ1v) is 6.98. The summed E-state index contributed by atoms with van der Waals surface area (Å²) < 4.78 is 0. The topological polar surface area (TPSA) is 15.3 Å². The maximum atomic E-state index is 3.51. The molecule has 0 aliphatic carbocycles. The molecule has 1 fully saturated rings. The molecule has 0 bridgehead atoms. The minimum Gasteiger partial charge on any atom is -0.316 e. The van der Waals surface area contributed by atoms with E-state index >= 15 is 0 Å². The summed E-state index contributed by atoms with van der Waals surface area (Å²) in [5.41, 5.74) is 0.464. The van der Waals surface area contributed by atoms with Gasteiger partial charge in [-0.05, 0) is 71.6 Å². The van der Waals surface area contributed by atoms with Crippen molar-refractivity contribution in [2.24, 2.45) is 5.92 Å². The van der Waals surface area contributed by atoms with Gasteiger partial charge in [-0.15, -0.1) is 0 Å². The van der Waals surface area contributed by atoms with Crippen LogP contribution in [-0.4, -0.2) is 36.6 Å². The molecular formula is C14H30N2. The summed E-state index contributed by atoms with van der Waals surface area (Å²) in [6, 6.07) is 0. The molecule has 16 heavy (non-hydrogen) atoms. The van der Waals surface area contributed by atoms with Gasteiger partial charge in [-0.25, -0.2) is 0 Å². The first kappa shape index (κ1) is 14.0. The number of unbranched alkanes of at least 4 members (excludes halogenated alkanes) is 1. The van der Waals surface area contributed by atoms with Crippen molar-refractivity contribution in [1.29, 1.82) is 0 Å². The Kier molecular flexibility index (Phi) is 5.77. The quantitative estimate of drug-likeness (QED) is 0.672. The molecule has 0 saturated carbocycles. The molecule has 0 unspecified atom stereocenters. The lowest BCUT2D eigenvalue weighted by Crippen LogP contribution is -2.38. The fourth-order valence-electron chi connectivity index (χ4n) is 2.52. The van der Waals surface area contributed by atoms with Gasteiger partial charge in [0, 0.05) is 5.54 Å². The fourth-order valence-corrected chi connectivity index (χ4v) is 2.52. The van der Waals surface area contributed by atoms with Gasteiger partial charge in [0.05, 0.1) is 0 Å². The van der Waals surface area contributed by atoms with Crippen molar-refractivity contribution in [1.82, 2.24) is 10.2 Å². The second-order valence-corrected chi connectivity index (χ2v) is 6.21. The molecule has 0 amide bonds. The lowest BCUT2D eigenvalue weighted by Gasteiger charge is -2.31. The van der Waals surface area contributed by atoms with E-state index in [2.05, 4.69) is 37.9 Å². The normalized spacial score (nSPS) is 20.8. The zero-order valence-electron chi connectivity index (χ0n) is 11.7. The van der Waals surface area contributed by atoms with E-state index in [4.69, 9.17) is 0 Å². The third-order valence-electron chi connectivity index (χ3n) is 3.66. The molecule has 0 atom stereocenters. The SMILES string of the molecule is CC(C)CNCCCCN1CCCC1(C)C. The van der Waals surface area contributed by atoms with Crippen LogP contribution in [0.4, 0.5) is 0 Å². The van der Waals surface area contributed by atoms with Crippen molar-refractivity contribution in [2.75, 3.05) is 26.2 Å². The molecular weight excluding hydrogens is 196 g/mol. The molecule has 0 aromatic heterocycles. The molecule has 2 nitrogen and oxygen atoms in total. The lowest BCUT2D eigenvalue weighted by atomic mass is 10.0. The lowest BCUT2D eigenvalue weighted by molar-refractivity contribution is 0.172. The molecule has 96 valence electrons. The molecule has 1 aliphatic rings. The van der Waals surface area contributed by atoms with Crippen LogP contribution in [-0.2, 0) is 0 Å². The van der Waals surface area contributed by atoms with Gasteiger partial charge in [-0.3, -0.25) is 4.90 Å². The van der Waals surface area contributed by atoms with Crippen LogP contribution in [0.15, 0.2) is 0 Å². The largest absolute Gasteiger partial charge is 0.316 e. The Morgan fingerprint density at radius 1 is 1.25 bits per heavy atom. The highest BCUT2D eigenvalue weighted by Gasteiger charge is 2.30. The second kappa shape index (κ2) is 6.61. The predicted molar refractivity (Wildman–Crippen MR) is 71.8 cm³/mol. The summed E-state index contributed by atoms with van der Waals surface area (Å²) in [6.45, 7) is 14.2. The third kappa shape index (κ3) is 4.84. The van der Waals surface area contributed by atoms with Crippen LogP contribution >= 0.6 is 0 Å². The van der Waals surface area contributed by atoms with Crippen LogP contribution < -0.4 is 5.32 Å². The van der Waals surface area contributed by atoms with Crippen molar-refractivity contribution >= 4 is 0 Å². The van der Waals surface area contributed by atoms with Gasteiger partial charge in [0.15, 0.2) is 0 Å². The van der Waals surface area contributed by atoms with Crippen LogP contribution in [0.3, 0.4) is 0 Å². The van der Waals surface area contributed by atoms with Crippen molar-refractivity contribution in [2.45, 2.75) is 58.9 Å². The van der Waals surface area contributed by atoms with Crippen molar-refractivity contribution in [3.63, 3.8) is 0 Å². The number of hydrogen-bond acceptors (Lipinski definition) is 2. The molecule has 0 aromatic carbocycles. The maximum absolute atomic E-state index is 3.51. The van der Waals surface area contributed by atoms with Crippen LogP contribution in [0.2, 0.25) is 0 Å². The van der Waals surface area contributed by atoms with Gasteiger partial charge in [-0.1, -0.05) is 13.8 Å². The molecule has 1 N–H and O–H groups in total. The minimum atomic E-state index is 0.464. The van der Waals surface area contributed by atoms with E-state index in [1.54, 1.807) is 0 Å². The van der Waals surface area contributed by atoms with Crippen LogP contribution in [0.5, 0.6) is 0 Å². The standard InChI is InChI=1S/C14H30N2/c1-13(2)12-15-9-5-6-10-16-11-7-8-14(16,3)4/h13,15H,5-12H2,1-4H3. The summed E-state index contributed by atoms with van der Waals surface area (Å²) in [5.74, 6) is 0.775. The van der Waals surface area contributed by atoms with E-state index in [9.17, 15) is 0 Å². The average molecular weight is 226 g/mol. The molecule has 0 aromatic rings. The van der Waals surface area contributed by atoms with E-state index in [0.29, 0.717) is 5.54 Å². The summed E-state index contributed by atoms with van der Waals surface area (Å²) in [4.78, 5) is 2.66. The molecule has 1 rings (SSSR count). The summed E-state index contributed by atoms with van der Waals surface area (Å²) in [6.07, 6.45) is 5.42. The van der Waals surface area contributed by atoms with Crippen LogP contribution in [0.25, 0.3) is 0 Å². The number of likely N-dealkylation sites (tertiary alicyclic amines) is 1. The highest BCUT2D eigenvalue weighted by atomic mass is 15.2. The summed E-state index contributed by atoms with van der Waals surface area (Å²) >= 11 is 0. The molecule has 1 saturated heterocycles. The average Bonchev–Trinajstić information content (AvgIpc) is 2.51. The minimum absolute atomic E-state index is 0.464. The highest BCUT2D eigenvalue weighted by Crippen LogP contribution is 2.27. The Morgan fingerprint density at radius 2 is 2.00 bits per heavy atom. The monoisotopic (exact) mass is 226 g/mol. The van der Waals surface area contributed by atoms with E-state index < -0.39 is 0 Å². The van der Waals surface area contributed by atoms with Crippen molar-refractivity contribution < 1.29 is 0 Å². The van der Waals surface area contributed by atoms with E-state index in [1.807, 2.05) is 0 Å². The van der Waals surface area contributed by atoms with Crippen LogP contribution in [0, 0.1) is 5.92 Å². The van der Waals surface area contributed by atoms with Crippen LogP contribution in [0.1, 0.15) is 53.4 Å². The van der Waals surface area contributed by atoms with Gasteiger partial charge in [0.1, 0.15) is 0 Å². The molecule has 1 heterocycles. The van der Waals surface area contributed by atoms with E-state index in [-0.39, 0.29) is 0 Å². The molecule has 2 heteroatoms. The Hall–Kier alpha value is -0.0800. The Bertz CT molecular complexity index is 187. The van der Waals surface area contributed by atoms with E-state index in [0.717, 1.165) is 12.5 Å². The van der Waals surface area contributed by atoms with Gasteiger partial charge >= 0.3 is 0 Å². The maximum Gasteiger partial charge on any atom is 0.0153 e. The Labute approximate surface area is 102 Å². The first-order chi connectivity index (χ1) is 7.52. The summed E-state index contributed by atoms with van der Waals surface area (Å²) in [7, 11) is 0. The molecule has 0 radical (unpaired) electrons. The van der Waals surface area contributed by atoms with Crippen molar-refractivity contribution in [3.05, 3.63) is 0 Å². The summed E-state index contributed by atoms with van der Waals surface area (Å²) in [5, 5.41) is 3.51. The Morgan fingerprint density at radius 3 is 2.56 bits per heavy atom. The van der Waals surface area contributed by atoms with Gasteiger partial charge in [0.2, 0.25) is 0 Å². The number of hydrogen-bond donors (Lipinski definition) is 1.